The van der Waals surface area contributed by atoms with Crippen LogP contribution in [0.25, 0.3) is 0 Å². The first-order valence-electron chi connectivity index (χ1n) is 6.29. The van der Waals surface area contributed by atoms with Gasteiger partial charge in [-0.2, -0.15) is 0 Å². The number of nitrogens with one attached hydrogen (secondary N) is 2. The number of hydrogen-bond donors (Lipinski definition) is 2. The van der Waals surface area contributed by atoms with Crippen molar-refractivity contribution in [3.8, 4) is 0 Å². The van der Waals surface area contributed by atoms with Crippen LogP contribution in [0.2, 0.25) is 0 Å². The lowest BCUT2D eigenvalue weighted by Gasteiger charge is -2.06. The van der Waals surface area contributed by atoms with E-state index >= 15 is 0 Å². The van der Waals surface area contributed by atoms with Gasteiger partial charge in [-0.15, -0.1) is 0 Å². The van der Waals surface area contributed by atoms with Crippen molar-refractivity contribution in [2.75, 3.05) is 18.4 Å². The molecule has 0 bridgehead atoms. The molecule has 2 aromatic rings. The average molecular weight is 260 g/mol. The minimum absolute atomic E-state index is 0.316. The molecule has 0 fully saturated rings. The van der Waals surface area contributed by atoms with Crippen molar-refractivity contribution in [2.24, 2.45) is 0 Å². The van der Waals surface area contributed by atoms with Gasteiger partial charge in [0.1, 0.15) is 11.6 Å². The van der Waals surface area contributed by atoms with Crippen LogP contribution in [0.1, 0.15) is 12.0 Å². The van der Waals surface area contributed by atoms with Gasteiger partial charge in [-0.25, -0.2) is 9.37 Å². The van der Waals surface area contributed by atoms with E-state index in [0.717, 1.165) is 26.1 Å². The number of nitrogens with zero attached hydrogens (tertiary/aromatic N) is 2. The van der Waals surface area contributed by atoms with Gasteiger partial charge in [-0.3, -0.25) is 4.98 Å². The molecular formula is C14H17FN4. The summed E-state index contributed by atoms with van der Waals surface area (Å²) < 4.78 is 12.6. The summed E-state index contributed by atoms with van der Waals surface area (Å²) in [4.78, 5) is 7.98. The number of halogens is 1. The van der Waals surface area contributed by atoms with Crippen LogP contribution in [0.15, 0.2) is 42.9 Å². The van der Waals surface area contributed by atoms with Gasteiger partial charge in [0.15, 0.2) is 0 Å². The van der Waals surface area contributed by atoms with Crippen molar-refractivity contribution in [1.82, 2.24) is 15.3 Å². The molecule has 2 N–H and O–H groups in total. The average Bonchev–Trinajstić information content (AvgIpc) is 2.46. The van der Waals surface area contributed by atoms with Crippen molar-refractivity contribution in [3.05, 3.63) is 54.2 Å². The molecule has 0 atom stereocenters. The normalized spacial score (nSPS) is 10.4. The molecule has 100 valence electrons. The van der Waals surface area contributed by atoms with Gasteiger partial charge in [0.2, 0.25) is 0 Å². The highest BCUT2D eigenvalue weighted by Gasteiger charge is 1.95. The summed E-state index contributed by atoms with van der Waals surface area (Å²) in [7, 11) is 0. The van der Waals surface area contributed by atoms with Gasteiger partial charge in [-0.05, 0) is 36.7 Å². The maximum absolute atomic E-state index is 12.6. The van der Waals surface area contributed by atoms with Gasteiger partial charge in [-0.1, -0.05) is 6.07 Å². The Hall–Kier alpha value is -2.01. The molecule has 2 heterocycles. The highest BCUT2D eigenvalue weighted by Crippen LogP contribution is 2.02. The summed E-state index contributed by atoms with van der Waals surface area (Å²) in [6.45, 7) is 2.53. The molecule has 0 spiro atoms. The molecule has 0 amide bonds. The highest BCUT2D eigenvalue weighted by molar-refractivity contribution is 5.33. The molecule has 19 heavy (non-hydrogen) atoms. The minimum atomic E-state index is -0.316. The van der Waals surface area contributed by atoms with E-state index in [9.17, 15) is 4.39 Å². The van der Waals surface area contributed by atoms with Gasteiger partial charge < -0.3 is 10.6 Å². The largest absolute Gasteiger partial charge is 0.370 e. The number of aromatic nitrogens is 2. The summed E-state index contributed by atoms with van der Waals surface area (Å²) >= 11 is 0. The quantitative estimate of drug-likeness (QED) is 0.749. The summed E-state index contributed by atoms with van der Waals surface area (Å²) in [5.41, 5.74) is 1.18. The molecule has 0 aliphatic carbocycles. The molecule has 2 rings (SSSR count). The smallest absolute Gasteiger partial charge is 0.141 e. The lowest BCUT2D eigenvalue weighted by Crippen LogP contribution is -2.17. The number of hydrogen-bond acceptors (Lipinski definition) is 4. The van der Waals surface area contributed by atoms with Crippen molar-refractivity contribution < 1.29 is 4.39 Å². The molecular weight excluding hydrogens is 243 g/mol. The SMILES string of the molecule is Fc1ccc(NCCCNCc2cccnc2)nc1. The second-order valence-electron chi connectivity index (χ2n) is 4.18. The summed E-state index contributed by atoms with van der Waals surface area (Å²) in [6.07, 6.45) is 5.80. The Bertz CT molecular complexity index is 473. The summed E-state index contributed by atoms with van der Waals surface area (Å²) in [5, 5.41) is 6.48. The van der Waals surface area contributed by atoms with Crippen LogP contribution in [0.5, 0.6) is 0 Å². The van der Waals surface area contributed by atoms with Crippen molar-refractivity contribution in [1.29, 1.82) is 0 Å². The summed E-state index contributed by atoms with van der Waals surface area (Å²) in [5.74, 6) is 0.386. The third-order valence-electron chi connectivity index (χ3n) is 2.62. The van der Waals surface area contributed by atoms with E-state index in [0.29, 0.717) is 5.82 Å². The Labute approximate surface area is 112 Å². The topological polar surface area (TPSA) is 49.8 Å². The fourth-order valence-electron chi connectivity index (χ4n) is 1.65. The predicted molar refractivity (Wildman–Crippen MR) is 73.2 cm³/mol. The summed E-state index contributed by atoms with van der Waals surface area (Å²) in [6, 6.07) is 7.01. The Kier molecular flexibility index (Phi) is 5.25. The van der Waals surface area contributed by atoms with E-state index in [1.165, 1.54) is 17.8 Å². The lowest BCUT2D eigenvalue weighted by molar-refractivity contribution is 0.621. The molecule has 5 heteroatoms. The maximum atomic E-state index is 12.6. The number of anilines is 1. The third-order valence-corrected chi connectivity index (χ3v) is 2.62. The molecule has 4 nitrogen and oxygen atoms in total. The van der Waals surface area contributed by atoms with Crippen LogP contribution in [0, 0.1) is 5.82 Å². The van der Waals surface area contributed by atoms with Gasteiger partial charge in [0.25, 0.3) is 0 Å². The van der Waals surface area contributed by atoms with Gasteiger partial charge >= 0.3 is 0 Å². The van der Waals surface area contributed by atoms with E-state index in [4.69, 9.17) is 0 Å². The zero-order valence-corrected chi connectivity index (χ0v) is 10.6. The molecule has 0 saturated carbocycles. The Balaban J connectivity index is 1.56. The predicted octanol–water partition coefficient (Wildman–Crippen LogP) is 2.21. The van der Waals surface area contributed by atoms with Crippen LogP contribution >= 0.6 is 0 Å². The van der Waals surface area contributed by atoms with Gasteiger partial charge in [0.05, 0.1) is 6.20 Å². The van der Waals surface area contributed by atoms with E-state index in [2.05, 4.69) is 20.6 Å². The molecule has 0 saturated heterocycles. The zero-order valence-electron chi connectivity index (χ0n) is 10.6. The monoisotopic (exact) mass is 260 g/mol. The van der Waals surface area contributed by atoms with E-state index in [1.807, 2.05) is 18.3 Å². The lowest BCUT2D eigenvalue weighted by atomic mass is 10.3. The molecule has 0 unspecified atom stereocenters. The Morgan fingerprint density at radius 3 is 2.79 bits per heavy atom. The first-order chi connectivity index (χ1) is 9.34. The third kappa shape index (κ3) is 5.01. The van der Waals surface area contributed by atoms with Crippen LogP contribution in [-0.4, -0.2) is 23.1 Å². The number of rotatable bonds is 7. The molecule has 0 aliphatic rings. The minimum Gasteiger partial charge on any atom is -0.370 e. The Morgan fingerprint density at radius 1 is 1.11 bits per heavy atom. The van der Waals surface area contributed by atoms with Crippen LogP contribution < -0.4 is 10.6 Å². The second-order valence-corrected chi connectivity index (χ2v) is 4.18. The van der Waals surface area contributed by atoms with Crippen molar-refractivity contribution in [2.45, 2.75) is 13.0 Å². The first kappa shape index (κ1) is 13.4. The van der Waals surface area contributed by atoms with Crippen LogP contribution in [0.4, 0.5) is 10.2 Å². The van der Waals surface area contributed by atoms with Crippen molar-refractivity contribution in [3.63, 3.8) is 0 Å². The van der Waals surface area contributed by atoms with E-state index < -0.39 is 0 Å². The van der Waals surface area contributed by atoms with Gasteiger partial charge in [0, 0.05) is 25.5 Å². The second kappa shape index (κ2) is 7.43. The van der Waals surface area contributed by atoms with E-state index in [1.54, 1.807) is 12.3 Å². The number of pyridine rings is 2. The fourth-order valence-corrected chi connectivity index (χ4v) is 1.65. The standard InChI is InChI=1S/C14H17FN4/c15-13-4-5-14(19-11-13)18-8-2-7-17-10-12-3-1-6-16-9-12/h1,3-6,9,11,17H,2,7-8,10H2,(H,18,19). The van der Waals surface area contributed by atoms with Crippen LogP contribution in [-0.2, 0) is 6.54 Å². The van der Waals surface area contributed by atoms with Crippen molar-refractivity contribution >= 4 is 5.82 Å². The first-order valence-corrected chi connectivity index (χ1v) is 6.29. The molecule has 2 aromatic heterocycles. The zero-order chi connectivity index (χ0) is 13.3. The molecule has 0 aliphatic heterocycles. The fraction of sp³-hybridized carbons (Fsp3) is 0.286. The van der Waals surface area contributed by atoms with E-state index in [-0.39, 0.29) is 5.82 Å². The molecule has 0 radical (unpaired) electrons. The van der Waals surface area contributed by atoms with Crippen LogP contribution in [0.3, 0.4) is 0 Å². The molecule has 0 aromatic carbocycles. The highest BCUT2D eigenvalue weighted by atomic mass is 19.1. The Morgan fingerprint density at radius 2 is 2.05 bits per heavy atom. The maximum Gasteiger partial charge on any atom is 0.141 e.